The summed E-state index contributed by atoms with van der Waals surface area (Å²) in [6.07, 6.45) is 3.64. The van der Waals surface area contributed by atoms with Gasteiger partial charge < -0.3 is 10.6 Å². The normalized spacial score (nSPS) is 17.7. The highest BCUT2D eigenvalue weighted by molar-refractivity contribution is 5.96. The number of hydrogen-bond acceptors (Lipinski definition) is 3. The van der Waals surface area contributed by atoms with Crippen molar-refractivity contribution in [2.24, 2.45) is 5.92 Å². The van der Waals surface area contributed by atoms with Crippen LogP contribution in [-0.4, -0.2) is 43.5 Å². The van der Waals surface area contributed by atoms with E-state index in [1.807, 2.05) is 14.0 Å². The Morgan fingerprint density at radius 3 is 2.33 bits per heavy atom. The van der Waals surface area contributed by atoms with Crippen molar-refractivity contribution in [1.29, 1.82) is 0 Å². The molecule has 1 aromatic carbocycles. The number of amides is 1. The lowest BCUT2D eigenvalue weighted by molar-refractivity contribution is -0.121. The Hall–Kier alpha value is -1.39. The average Bonchev–Trinajstić information content (AvgIpc) is 2.55. The maximum Gasteiger partial charge on any atom is 0.241 e. The number of anilines is 1. The van der Waals surface area contributed by atoms with Crippen LogP contribution in [-0.2, 0) is 4.79 Å². The molecule has 1 fully saturated rings. The minimum Gasteiger partial charge on any atom is -0.324 e. The molecule has 1 unspecified atom stereocenters. The van der Waals surface area contributed by atoms with E-state index in [1.165, 1.54) is 24.8 Å². The lowest BCUT2D eigenvalue weighted by atomic mass is 9.92. The van der Waals surface area contributed by atoms with E-state index < -0.39 is 0 Å². The van der Waals surface area contributed by atoms with Crippen LogP contribution in [0.5, 0.6) is 0 Å². The van der Waals surface area contributed by atoms with E-state index in [1.54, 1.807) is 0 Å². The lowest BCUT2D eigenvalue weighted by Crippen LogP contribution is -2.46. The Labute approximate surface area is 147 Å². The minimum atomic E-state index is -0.0737. The van der Waals surface area contributed by atoms with E-state index in [0.717, 1.165) is 42.4 Å². The molecule has 2 N–H and O–H groups in total. The Kier molecular flexibility index (Phi) is 6.81. The van der Waals surface area contributed by atoms with E-state index in [9.17, 15) is 4.79 Å². The molecule has 0 radical (unpaired) electrons. The topological polar surface area (TPSA) is 44.4 Å². The van der Waals surface area contributed by atoms with E-state index in [4.69, 9.17) is 0 Å². The van der Waals surface area contributed by atoms with Crippen molar-refractivity contribution < 1.29 is 4.79 Å². The number of aryl methyl sites for hydroxylation is 3. The molecule has 1 heterocycles. The zero-order valence-electron chi connectivity index (χ0n) is 15.9. The van der Waals surface area contributed by atoms with E-state index in [0.29, 0.717) is 0 Å². The van der Waals surface area contributed by atoms with Crippen LogP contribution < -0.4 is 10.6 Å². The van der Waals surface area contributed by atoms with Gasteiger partial charge in [-0.2, -0.15) is 0 Å². The van der Waals surface area contributed by atoms with Gasteiger partial charge in [0.15, 0.2) is 0 Å². The Morgan fingerprint density at radius 2 is 1.79 bits per heavy atom. The van der Waals surface area contributed by atoms with E-state index in [2.05, 4.69) is 48.4 Å². The van der Waals surface area contributed by atoms with E-state index >= 15 is 0 Å². The van der Waals surface area contributed by atoms with Gasteiger partial charge in [0.25, 0.3) is 0 Å². The average molecular weight is 332 g/mol. The van der Waals surface area contributed by atoms with Gasteiger partial charge >= 0.3 is 0 Å². The Morgan fingerprint density at radius 1 is 1.21 bits per heavy atom. The number of nitrogens with one attached hydrogen (secondary N) is 2. The molecule has 24 heavy (non-hydrogen) atoms. The minimum absolute atomic E-state index is 0.0737. The van der Waals surface area contributed by atoms with Crippen LogP contribution in [0.4, 0.5) is 5.69 Å². The summed E-state index contributed by atoms with van der Waals surface area (Å²) in [5.74, 6) is 0.907. The van der Waals surface area contributed by atoms with E-state index in [-0.39, 0.29) is 11.9 Å². The third kappa shape index (κ3) is 4.81. The number of hydrogen-bond donors (Lipinski definition) is 2. The molecule has 0 spiro atoms. The molecule has 1 amide bonds. The van der Waals surface area contributed by atoms with Crippen LogP contribution in [0.3, 0.4) is 0 Å². The second-order valence-corrected chi connectivity index (χ2v) is 7.31. The van der Waals surface area contributed by atoms with Crippen molar-refractivity contribution in [3.63, 3.8) is 0 Å². The predicted octanol–water partition coefficient (Wildman–Crippen LogP) is 3.26. The van der Waals surface area contributed by atoms with Crippen molar-refractivity contribution >= 4 is 11.6 Å². The zero-order valence-corrected chi connectivity index (χ0v) is 15.9. The number of rotatable bonds is 6. The molecule has 134 valence electrons. The first-order chi connectivity index (χ1) is 11.4. The molecule has 1 aliphatic rings. The maximum absolute atomic E-state index is 12.7. The van der Waals surface area contributed by atoms with Crippen molar-refractivity contribution in [2.45, 2.75) is 53.0 Å². The molecule has 4 heteroatoms. The van der Waals surface area contributed by atoms with Crippen molar-refractivity contribution in [3.8, 4) is 0 Å². The molecular weight excluding hydrogens is 298 g/mol. The first-order valence-electron chi connectivity index (χ1n) is 9.19. The Balaban J connectivity index is 1.92. The summed E-state index contributed by atoms with van der Waals surface area (Å²) in [7, 11) is 2.01. The second-order valence-electron chi connectivity index (χ2n) is 7.31. The monoisotopic (exact) mass is 331 g/mol. The molecule has 0 bridgehead atoms. The largest absolute Gasteiger partial charge is 0.324 e. The van der Waals surface area contributed by atoms with Gasteiger partial charge in [0.05, 0.1) is 6.04 Å². The van der Waals surface area contributed by atoms with Gasteiger partial charge in [-0.3, -0.25) is 9.69 Å². The predicted molar refractivity (Wildman–Crippen MR) is 102 cm³/mol. The summed E-state index contributed by atoms with van der Waals surface area (Å²) in [6.45, 7) is 11.4. The van der Waals surface area contributed by atoms with Crippen LogP contribution in [0.2, 0.25) is 0 Å². The third-order valence-electron chi connectivity index (χ3n) is 5.30. The molecule has 1 aliphatic heterocycles. The standard InChI is InChI=1S/C20H33N3O/c1-14-12-15(2)19(16(3)13-14)22-20(24)17(4)23-10-7-18(8-11-23)6-9-21-5/h12-13,17-18,21H,6-11H2,1-5H3,(H,22,24). The van der Waals surface area contributed by atoms with Crippen molar-refractivity contribution in [1.82, 2.24) is 10.2 Å². The number of nitrogens with zero attached hydrogens (tertiary/aromatic N) is 1. The van der Waals surface area contributed by atoms with Crippen molar-refractivity contribution in [2.75, 3.05) is 32.0 Å². The SMILES string of the molecule is CNCCC1CCN(C(C)C(=O)Nc2c(C)cc(C)cc2C)CC1. The molecule has 0 saturated carbocycles. The zero-order chi connectivity index (χ0) is 17.7. The molecule has 4 nitrogen and oxygen atoms in total. The quantitative estimate of drug-likeness (QED) is 0.841. The van der Waals surface area contributed by atoms with Crippen molar-refractivity contribution in [3.05, 3.63) is 28.8 Å². The first-order valence-corrected chi connectivity index (χ1v) is 9.19. The summed E-state index contributed by atoms with van der Waals surface area (Å²) in [6, 6.07) is 4.18. The van der Waals surface area contributed by atoms with Gasteiger partial charge in [-0.15, -0.1) is 0 Å². The van der Waals surface area contributed by atoms with Gasteiger partial charge in [-0.25, -0.2) is 0 Å². The fourth-order valence-corrected chi connectivity index (χ4v) is 3.75. The fraction of sp³-hybridized carbons (Fsp3) is 0.650. The highest BCUT2D eigenvalue weighted by atomic mass is 16.2. The summed E-state index contributed by atoms with van der Waals surface area (Å²) in [5.41, 5.74) is 4.48. The summed E-state index contributed by atoms with van der Waals surface area (Å²) in [5, 5.41) is 6.39. The van der Waals surface area contributed by atoms with Gasteiger partial charge in [0.1, 0.15) is 0 Å². The molecule has 1 aromatic rings. The third-order valence-corrected chi connectivity index (χ3v) is 5.30. The molecule has 1 atom stereocenters. The summed E-state index contributed by atoms with van der Waals surface area (Å²) >= 11 is 0. The highest BCUT2D eigenvalue weighted by Crippen LogP contribution is 2.24. The number of piperidine rings is 1. The first kappa shape index (κ1) is 18.9. The number of carbonyl (C=O) groups is 1. The van der Waals surface area contributed by atoms with Crippen LogP contribution in [0.15, 0.2) is 12.1 Å². The molecule has 2 rings (SSSR count). The van der Waals surface area contributed by atoms with Gasteiger partial charge in [0, 0.05) is 5.69 Å². The molecular formula is C20H33N3O. The summed E-state index contributed by atoms with van der Waals surface area (Å²) in [4.78, 5) is 15.0. The Bertz CT molecular complexity index is 539. The van der Waals surface area contributed by atoms with Crippen LogP contribution in [0.1, 0.15) is 42.9 Å². The fourth-order valence-electron chi connectivity index (χ4n) is 3.75. The van der Waals surface area contributed by atoms with Gasteiger partial charge in [-0.1, -0.05) is 17.7 Å². The summed E-state index contributed by atoms with van der Waals surface area (Å²) < 4.78 is 0. The van der Waals surface area contributed by atoms with Crippen LogP contribution >= 0.6 is 0 Å². The molecule has 0 aromatic heterocycles. The lowest BCUT2D eigenvalue weighted by Gasteiger charge is -2.35. The molecule has 1 saturated heterocycles. The molecule has 0 aliphatic carbocycles. The smallest absolute Gasteiger partial charge is 0.241 e. The van der Waals surface area contributed by atoms with Gasteiger partial charge in [0.2, 0.25) is 5.91 Å². The number of carbonyl (C=O) groups excluding carboxylic acids is 1. The number of likely N-dealkylation sites (tertiary alicyclic amines) is 1. The van der Waals surface area contributed by atoms with Gasteiger partial charge in [-0.05, 0) is 90.7 Å². The maximum atomic E-state index is 12.7. The van der Waals surface area contributed by atoms with Crippen LogP contribution in [0.25, 0.3) is 0 Å². The number of benzene rings is 1. The second kappa shape index (κ2) is 8.63. The van der Waals surface area contributed by atoms with Crippen LogP contribution in [0, 0.1) is 26.7 Å². The highest BCUT2D eigenvalue weighted by Gasteiger charge is 2.26.